The number of hydrogen-bond donors (Lipinski definition) is 0. The van der Waals surface area contributed by atoms with Gasteiger partial charge >= 0.3 is 6.18 Å². The fourth-order valence-corrected chi connectivity index (χ4v) is 1.65. The molecule has 80 valence electrons. The maximum atomic E-state index is 12.3. The normalized spacial score (nSPS) is 12.0. The Kier molecular flexibility index (Phi) is 2.26. The zero-order valence-electron chi connectivity index (χ0n) is 7.62. The highest BCUT2D eigenvalue weighted by Crippen LogP contribution is 2.29. The molecule has 0 atom stereocenters. The Labute approximate surface area is 87.3 Å². The number of nitrogens with zero attached hydrogens (tertiary/aromatic N) is 3. The molecule has 0 aromatic carbocycles. The SMILES string of the molecule is Cc1cc(C(F)(F)F)nn1-c1ccsn1. The van der Waals surface area contributed by atoms with E-state index in [9.17, 15) is 13.2 Å². The molecule has 0 aliphatic heterocycles. The zero-order valence-corrected chi connectivity index (χ0v) is 8.43. The summed E-state index contributed by atoms with van der Waals surface area (Å²) in [6, 6.07) is 2.62. The van der Waals surface area contributed by atoms with Gasteiger partial charge in [0.1, 0.15) is 0 Å². The molecule has 0 bridgehead atoms. The molecule has 0 fully saturated rings. The highest BCUT2D eigenvalue weighted by atomic mass is 32.1. The Bertz CT molecular complexity index is 458. The van der Waals surface area contributed by atoms with Gasteiger partial charge in [-0.1, -0.05) is 0 Å². The van der Waals surface area contributed by atoms with Crippen molar-refractivity contribution >= 4 is 11.5 Å². The molecule has 2 heterocycles. The van der Waals surface area contributed by atoms with Crippen molar-refractivity contribution in [2.45, 2.75) is 13.1 Å². The van der Waals surface area contributed by atoms with Crippen molar-refractivity contribution in [2.75, 3.05) is 0 Å². The third-order valence-electron chi connectivity index (χ3n) is 1.82. The quantitative estimate of drug-likeness (QED) is 0.758. The molecule has 0 aliphatic carbocycles. The molecule has 15 heavy (non-hydrogen) atoms. The Morgan fingerprint density at radius 3 is 2.60 bits per heavy atom. The van der Waals surface area contributed by atoms with Crippen molar-refractivity contribution in [3.8, 4) is 5.82 Å². The summed E-state index contributed by atoms with van der Waals surface area (Å²) in [5.41, 5.74) is -0.485. The van der Waals surface area contributed by atoms with E-state index >= 15 is 0 Å². The molecule has 3 nitrogen and oxygen atoms in total. The first-order valence-corrected chi connectivity index (χ1v) is 4.87. The van der Waals surface area contributed by atoms with Gasteiger partial charge in [0.25, 0.3) is 0 Å². The summed E-state index contributed by atoms with van der Waals surface area (Å²) < 4.78 is 42.1. The van der Waals surface area contributed by atoms with Gasteiger partial charge in [0.2, 0.25) is 0 Å². The van der Waals surface area contributed by atoms with E-state index in [4.69, 9.17) is 0 Å². The van der Waals surface area contributed by atoms with Crippen molar-refractivity contribution in [1.82, 2.24) is 14.2 Å². The molecule has 2 rings (SSSR count). The van der Waals surface area contributed by atoms with Crippen LogP contribution in [0.25, 0.3) is 5.82 Å². The van der Waals surface area contributed by atoms with E-state index in [-0.39, 0.29) is 0 Å². The fourth-order valence-electron chi connectivity index (χ4n) is 1.16. The summed E-state index contributed by atoms with van der Waals surface area (Å²) in [5, 5.41) is 5.14. The first kappa shape index (κ1) is 10.2. The van der Waals surface area contributed by atoms with Crippen molar-refractivity contribution in [1.29, 1.82) is 0 Å². The minimum Gasteiger partial charge on any atom is -0.218 e. The second-order valence-electron chi connectivity index (χ2n) is 2.94. The number of halogens is 3. The predicted octanol–water partition coefficient (Wildman–Crippen LogP) is 2.66. The van der Waals surface area contributed by atoms with E-state index in [1.165, 1.54) is 16.2 Å². The van der Waals surface area contributed by atoms with E-state index in [1.807, 2.05) is 0 Å². The summed E-state index contributed by atoms with van der Waals surface area (Å²) in [7, 11) is 0. The molecule has 0 aliphatic rings. The van der Waals surface area contributed by atoms with Crippen LogP contribution in [0.1, 0.15) is 11.4 Å². The van der Waals surface area contributed by atoms with Crippen LogP contribution in [0, 0.1) is 6.92 Å². The molecular weight excluding hydrogens is 227 g/mol. The van der Waals surface area contributed by atoms with Crippen LogP contribution in [0.4, 0.5) is 13.2 Å². The number of aromatic nitrogens is 3. The third kappa shape index (κ3) is 1.87. The Balaban J connectivity index is 2.47. The number of aryl methyl sites for hydroxylation is 1. The van der Waals surface area contributed by atoms with E-state index in [0.717, 1.165) is 6.07 Å². The summed E-state index contributed by atoms with van der Waals surface area (Å²) in [5.74, 6) is 0.410. The molecule has 7 heteroatoms. The molecule has 0 amide bonds. The zero-order chi connectivity index (χ0) is 11.1. The first-order valence-electron chi connectivity index (χ1n) is 4.03. The largest absolute Gasteiger partial charge is 0.435 e. The average Bonchev–Trinajstić information content (AvgIpc) is 2.69. The van der Waals surface area contributed by atoms with E-state index in [0.29, 0.717) is 11.5 Å². The highest BCUT2D eigenvalue weighted by molar-refractivity contribution is 7.03. The van der Waals surface area contributed by atoms with Gasteiger partial charge in [-0.15, -0.1) is 0 Å². The lowest BCUT2D eigenvalue weighted by atomic mass is 10.4. The molecule has 0 spiro atoms. The van der Waals surface area contributed by atoms with Gasteiger partial charge in [0, 0.05) is 11.1 Å². The van der Waals surface area contributed by atoms with Crippen LogP contribution in [-0.4, -0.2) is 14.2 Å². The first-order chi connectivity index (χ1) is 6.98. The van der Waals surface area contributed by atoms with E-state index < -0.39 is 11.9 Å². The molecular formula is C8H6F3N3S. The Hall–Kier alpha value is -1.37. The second-order valence-corrected chi connectivity index (χ2v) is 3.60. The monoisotopic (exact) mass is 233 g/mol. The topological polar surface area (TPSA) is 30.7 Å². The molecule has 2 aromatic rings. The van der Waals surface area contributed by atoms with Crippen molar-refractivity contribution < 1.29 is 13.2 Å². The highest BCUT2D eigenvalue weighted by Gasteiger charge is 2.34. The Morgan fingerprint density at radius 2 is 2.13 bits per heavy atom. The smallest absolute Gasteiger partial charge is 0.218 e. The summed E-state index contributed by atoms with van der Waals surface area (Å²) in [6.07, 6.45) is -4.41. The van der Waals surface area contributed by atoms with E-state index in [1.54, 1.807) is 18.4 Å². The Morgan fingerprint density at radius 1 is 1.40 bits per heavy atom. The van der Waals surface area contributed by atoms with Gasteiger partial charge in [0.15, 0.2) is 11.5 Å². The van der Waals surface area contributed by atoms with Gasteiger partial charge in [0.05, 0.1) is 0 Å². The molecule has 0 unspecified atom stereocenters. The van der Waals surface area contributed by atoms with Crippen LogP contribution < -0.4 is 0 Å². The maximum Gasteiger partial charge on any atom is 0.435 e. The van der Waals surface area contributed by atoms with Gasteiger partial charge < -0.3 is 0 Å². The van der Waals surface area contributed by atoms with Crippen LogP contribution in [-0.2, 0) is 6.18 Å². The standard InChI is InChI=1S/C8H6F3N3S/c1-5-4-6(8(9,10)11)12-14(5)7-2-3-15-13-7/h2-4H,1H3. The van der Waals surface area contributed by atoms with Gasteiger partial charge in [-0.3, -0.25) is 0 Å². The number of alkyl halides is 3. The van der Waals surface area contributed by atoms with Crippen LogP contribution in [0.2, 0.25) is 0 Å². The predicted molar refractivity (Wildman–Crippen MR) is 49.0 cm³/mol. The minimum absolute atomic E-state index is 0.410. The van der Waals surface area contributed by atoms with Crippen LogP contribution in [0.3, 0.4) is 0 Å². The third-order valence-corrected chi connectivity index (χ3v) is 2.37. The lowest BCUT2D eigenvalue weighted by molar-refractivity contribution is -0.141. The summed E-state index contributed by atoms with van der Waals surface area (Å²) in [6.45, 7) is 1.56. The molecule has 0 saturated carbocycles. The molecule has 0 saturated heterocycles. The fraction of sp³-hybridized carbons (Fsp3) is 0.250. The molecule has 2 aromatic heterocycles. The maximum absolute atomic E-state index is 12.3. The van der Waals surface area contributed by atoms with E-state index in [2.05, 4.69) is 9.47 Å². The number of hydrogen-bond acceptors (Lipinski definition) is 3. The summed E-state index contributed by atoms with van der Waals surface area (Å²) in [4.78, 5) is 0. The van der Waals surface area contributed by atoms with Gasteiger partial charge in [-0.2, -0.15) is 22.6 Å². The van der Waals surface area contributed by atoms with Crippen LogP contribution in [0.15, 0.2) is 17.5 Å². The van der Waals surface area contributed by atoms with Crippen molar-refractivity contribution in [3.05, 3.63) is 28.9 Å². The lowest BCUT2D eigenvalue weighted by Gasteiger charge is -2.00. The molecule has 0 N–H and O–H groups in total. The van der Waals surface area contributed by atoms with Crippen molar-refractivity contribution in [3.63, 3.8) is 0 Å². The van der Waals surface area contributed by atoms with Crippen molar-refractivity contribution in [2.24, 2.45) is 0 Å². The van der Waals surface area contributed by atoms with Crippen LogP contribution >= 0.6 is 11.5 Å². The lowest BCUT2D eigenvalue weighted by Crippen LogP contribution is -2.07. The number of rotatable bonds is 1. The average molecular weight is 233 g/mol. The van der Waals surface area contributed by atoms with Gasteiger partial charge in [-0.05, 0) is 30.6 Å². The minimum atomic E-state index is -4.41. The second kappa shape index (κ2) is 3.34. The molecule has 0 radical (unpaired) electrons. The van der Waals surface area contributed by atoms with Crippen LogP contribution in [0.5, 0.6) is 0 Å². The van der Waals surface area contributed by atoms with Gasteiger partial charge in [-0.25, -0.2) is 4.68 Å². The summed E-state index contributed by atoms with van der Waals surface area (Å²) >= 11 is 1.17.